The third kappa shape index (κ3) is 7.40. The van der Waals surface area contributed by atoms with Crippen LogP contribution in [0.2, 0.25) is 0 Å². The summed E-state index contributed by atoms with van der Waals surface area (Å²) in [6.07, 6.45) is -0.648. The summed E-state index contributed by atoms with van der Waals surface area (Å²) in [4.78, 5) is 29.8. The Kier molecular flexibility index (Phi) is 9.77. The number of urea groups is 1. The Hall–Kier alpha value is -4.69. The van der Waals surface area contributed by atoms with Crippen LogP contribution in [-0.2, 0) is 21.2 Å². The fourth-order valence-electron chi connectivity index (χ4n) is 5.23. The van der Waals surface area contributed by atoms with E-state index in [1.54, 1.807) is 67.4 Å². The molecule has 3 atom stereocenters. The van der Waals surface area contributed by atoms with Gasteiger partial charge in [0.05, 0.1) is 37.6 Å². The van der Waals surface area contributed by atoms with Crippen LogP contribution in [0.3, 0.4) is 0 Å². The van der Waals surface area contributed by atoms with E-state index in [0.29, 0.717) is 34.2 Å². The molecule has 2 heterocycles. The first-order chi connectivity index (χ1) is 22.0. The molecule has 46 heavy (non-hydrogen) atoms. The first-order valence-electron chi connectivity index (χ1n) is 14.8. The predicted molar refractivity (Wildman–Crippen MR) is 170 cm³/mol. The second kappa shape index (κ2) is 13.7. The van der Waals surface area contributed by atoms with Gasteiger partial charge in [-0.25, -0.2) is 13.2 Å². The van der Waals surface area contributed by atoms with Crippen molar-refractivity contribution in [2.75, 3.05) is 50.7 Å². The molecule has 3 aromatic carbocycles. The molecule has 0 fully saturated rings. The van der Waals surface area contributed by atoms with Crippen molar-refractivity contribution in [3.05, 3.63) is 66.2 Å². The van der Waals surface area contributed by atoms with E-state index < -0.39 is 22.2 Å². The lowest BCUT2D eigenvalue weighted by Crippen LogP contribution is -2.48. The Morgan fingerprint density at radius 1 is 1.07 bits per heavy atom. The van der Waals surface area contributed by atoms with Crippen LogP contribution in [0.15, 0.2) is 65.6 Å². The second-order valence-electron chi connectivity index (χ2n) is 11.4. The number of amides is 3. The summed E-state index contributed by atoms with van der Waals surface area (Å²) in [7, 11) is -0.811. The average Bonchev–Trinajstić information content (AvgIpc) is 3.52. The fourth-order valence-corrected chi connectivity index (χ4v) is 6.28. The number of ether oxygens (including phenoxy) is 4. The van der Waals surface area contributed by atoms with Gasteiger partial charge in [0, 0.05) is 42.5 Å². The zero-order chi connectivity index (χ0) is 33.0. The number of carbonyl (C=O) groups excluding carboxylic acids is 2. The van der Waals surface area contributed by atoms with Gasteiger partial charge in [-0.05, 0) is 61.5 Å². The van der Waals surface area contributed by atoms with Crippen LogP contribution < -0.4 is 29.0 Å². The topological polar surface area (TPSA) is 156 Å². The van der Waals surface area contributed by atoms with Gasteiger partial charge in [0.1, 0.15) is 17.6 Å². The number of sulfonamides is 1. The van der Waals surface area contributed by atoms with Crippen LogP contribution in [0.1, 0.15) is 19.4 Å². The van der Waals surface area contributed by atoms with Crippen molar-refractivity contribution in [2.24, 2.45) is 5.92 Å². The quantitative estimate of drug-likeness (QED) is 0.314. The first kappa shape index (κ1) is 32.7. The molecule has 13 nitrogen and oxygen atoms in total. The molecular formula is C32H38N4O9S. The molecule has 246 valence electrons. The van der Waals surface area contributed by atoms with Gasteiger partial charge in [0.25, 0.3) is 10.0 Å². The van der Waals surface area contributed by atoms with E-state index in [2.05, 4.69) is 10.0 Å². The number of hydrogen-bond acceptors (Lipinski definition) is 9. The SMILES string of the molecule is COc1ccc(S(=O)(=O)Nc2ccc3c(c2)CC(=O)N([C@@H](C)CO)C[C@H](C)[C@@H](CN(C)C(=O)Nc2ccc4c(c2)OCO4)O3)cc1. The highest BCUT2D eigenvalue weighted by atomic mass is 32.2. The van der Waals surface area contributed by atoms with E-state index in [0.717, 1.165) is 0 Å². The minimum absolute atomic E-state index is 0.0445. The number of aliphatic hydroxyl groups is 1. The number of benzene rings is 3. The van der Waals surface area contributed by atoms with Crippen molar-refractivity contribution in [2.45, 2.75) is 37.3 Å². The van der Waals surface area contributed by atoms with Gasteiger partial charge in [-0.2, -0.15) is 0 Å². The molecule has 0 saturated heterocycles. The highest BCUT2D eigenvalue weighted by molar-refractivity contribution is 7.92. The standard InChI is InChI=1S/C32H38N4O9S/c1-20-16-36(21(2)18-37)31(38)14-22-13-24(34-46(40,41)26-9-7-25(42-4)8-10-26)6-11-27(22)45-30(20)17-35(3)32(39)33-23-5-12-28-29(15-23)44-19-43-28/h5-13,15,20-21,30,34,37H,14,16-19H2,1-4H3,(H,33,39)/t20-,21-,30+/m0/s1. The predicted octanol–water partition coefficient (Wildman–Crippen LogP) is 3.54. The van der Waals surface area contributed by atoms with E-state index in [-0.39, 0.29) is 61.3 Å². The number of aliphatic hydroxyl groups excluding tert-OH is 1. The lowest BCUT2D eigenvalue weighted by molar-refractivity contribution is -0.134. The van der Waals surface area contributed by atoms with Gasteiger partial charge in [0.2, 0.25) is 12.7 Å². The summed E-state index contributed by atoms with van der Waals surface area (Å²) >= 11 is 0. The van der Waals surface area contributed by atoms with Crippen LogP contribution >= 0.6 is 0 Å². The zero-order valence-electron chi connectivity index (χ0n) is 26.1. The van der Waals surface area contributed by atoms with Crippen molar-refractivity contribution in [1.29, 1.82) is 0 Å². The zero-order valence-corrected chi connectivity index (χ0v) is 26.9. The summed E-state index contributed by atoms with van der Waals surface area (Å²) in [6.45, 7) is 3.99. The van der Waals surface area contributed by atoms with Crippen LogP contribution in [-0.4, -0.2) is 88.1 Å². The van der Waals surface area contributed by atoms with E-state index in [4.69, 9.17) is 18.9 Å². The maximum absolute atomic E-state index is 13.5. The largest absolute Gasteiger partial charge is 0.497 e. The Morgan fingerprint density at radius 2 is 1.76 bits per heavy atom. The molecule has 2 aliphatic heterocycles. The van der Waals surface area contributed by atoms with Gasteiger partial charge in [-0.3, -0.25) is 9.52 Å². The Bertz CT molecular complexity index is 1680. The van der Waals surface area contributed by atoms with Crippen molar-refractivity contribution in [3.8, 4) is 23.0 Å². The first-order valence-corrected chi connectivity index (χ1v) is 16.2. The molecule has 0 radical (unpaired) electrons. The third-order valence-corrected chi connectivity index (χ3v) is 9.36. The molecule has 0 aromatic heterocycles. The highest BCUT2D eigenvalue weighted by Crippen LogP contribution is 2.34. The average molecular weight is 655 g/mol. The summed E-state index contributed by atoms with van der Waals surface area (Å²) in [6, 6.07) is 15.0. The molecule has 3 aromatic rings. The summed E-state index contributed by atoms with van der Waals surface area (Å²) in [5, 5.41) is 12.8. The second-order valence-corrected chi connectivity index (χ2v) is 13.1. The smallest absolute Gasteiger partial charge is 0.321 e. The van der Waals surface area contributed by atoms with Crippen molar-refractivity contribution < 1.29 is 42.1 Å². The minimum Gasteiger partial charge on any atom is -0.497 e. The molecule has 0 bridgehead atoms. The minimum atomic E-state index is -3.95. The molecule has 0 saturated carbocycles. The molecule has 0 aliphatic carbocycles. The summed E-state index contributed by atoms with van der Waals surface area (Å²) in [5.74, 6) is 1.55. The molecule has 0 unspecified atom stereocenters. The highest BCUT2D eigenvalue weighted by Gasteiger charge is 2.32. The van der Waals surface area contributed by atoms with Crippen LogP contribution in [0.25, 0.3) is 0 Å². The number of nitrogens with one attached hydrogen (secondary N) is 2. The maximum Gasteiger partial charge on any atom is 0.321 e. The number of carbonyl (C=O) groups is 2. The normalized spacial score (nSPS) is 18.3. The van der Waals surface area contributed by atoms with Crippen LogP contribution in [0.4, 0.5) is 16.2 Å². The number of methoxy groups -OCH3 is 1. The number of fused-ring (bicyclic) bond motifs is 2. The van der Waals surface area contributed by atoms with E-state index >= 15 is 0 Å². The van der Waals surface area contributed by atoms with Gasteiger partial charge in [-0.1, -0.05) is 6.92 Å². The third-order valence-electron chi connectivity index (χ3n) is 7.96. The number of anilines is 2. The molecule has 0 spiro atoms. The van der Waals surface area contributed by atoms with Crippen molar-refractivity contribution in [1.82, 2.24) is 9.80 Å². The van der Waals surface area contributed by atoms with Gasteiger partial charge >= 0.3 is 6.03 Å². The molecule has 5 rings (SSSR count). The van der Waals surface area contributed by atoms with Crippen LogP contribution in [0, 0.1) is 5.92 Å². The van der Waals surface area contributed by atoms with E-state index in [1.807, 2.05) is 6.92 Å². The summed E-state index contributed by atoms with van der Waals surface area (Å²) < 4.78 is 51.1. The lowest BCUT2D eigenvalue weighted by atomic mass is 10.0. The van der Waals surface area contributed by atoms with E-state index in [9.17, 15) is 23.1 Å². The molecule has 2 aliphatic rings. The number of nitrogens with zero attached hydrogens (tertiary/aromatic N) is 2. The number of rotatable bonds is 9. The molecule has 14 heteroatoms. The van der Waals surface area contributed by atoms with Crippen molar-refractivity contribution in [3.63, 3.8) is 0 Å². The fraction of sp³-hybridized carbons (Fsp3) is 0.375. The van der Waals surface area contributed by atoms with Crippen molar-refractivity contribution >= 4 is 33.3 Å². The van der Waals surface area contributed by atoms with Gasteiger partial charge < -0.3 is 39.2 Å². The van der Waals surface area contributed by atoms with Gasteiger partial charge in [0.15, 0.2) is 11.5 Å². The lowest BCUT2D eigenvalue weighted by Gasteiger charge is -2.34. The monoisotopic (exact) mass is 654 g/mol. The Morgan fingerprint density at radius 3 is 2.48 bits per heavy atom. The number of likely N-dealkylation sites (N-methyl/N-ethyl adjacent to an activating group) is 1. The molecular weight excluding hydrogens is 616 g/mol. The molecule has 3 amide bonds. The van der Waals surface area contributed by atoms with Crippen LogP contribution in [0.5, 0.6) is 23.0 Å². The maximum atomic E-state index is 13.5. The summed E-state index contributed by atoms with van der Waals surface area (Å²) in [5.41, 5.74) is 1.24. The number of hydrogen-bond donors (Lipinski definition) is 3. The Labute approximate surface area is 268 Å². The molecule has 3 N–H and O–H groups in total. The van der Waals surface area contributed by atoms with E-state index in [1.165, 1.54) is 24.1 Å². The van der Waals surface area contributed by atoms with Gasteiger partial charge in [-0.15, -0.1) is 0 Å². The Balaban J connectivity index is 1.38.